The Kier molecular flexibility index (Phi) is 4.39. The maximum atomic E-state index is 12.8. The molecule has 0 amide bonds. The van der Waals surface area contributed by atoms with Gasteiger partial charge in [0.2, 0.25) is 0 Å². The number of fused-ring (bicyclic) bond motifs is 2. The molecule has 1 N–H and O–H groups in total. The minimum absolute atomic E-state index is 0.221. The summed E-state index contributed by atoms with van der Waals surface area (Å²) in [6.07, 6.45) is 0. The van der Waals surface area contributed by atoms with Crippen molar-refractivity contribution >= 4 is 27.4 Å². The minimum Gasteiger partial charge on any atom is -0.493 e. The Morgan fingerprint density at radius 1 is 0.893 bits per heavy atom. The lowest BCUT2D eigenvalue weighted by Crippen LogP contribution is -2.11. The molecule has 0 saturated carbocycles. The van der Waals surface area contributed by atoms with Crippen LogP contribution in [-0.2, 0) is 0 Å². The third-order valence-corrected chi connectivity index (χ3v) is 4.85. The first kappa shape index (κ1) is 17.9. The van der Waals surface area contributed by atoms with E-state index in [9.17, 15) is 4.79 Å². The molecule has 4 rings (SSSR count). The van der Waals surface area contributed by atoms with Gasteiger partial charge >= 0.3 is 0 Å². The summed E-state index contributed by atoms with van der Waals surface area (Å²) in [4.78, 5) is 22.5. The molecule has 1 aromatic heterocycles. The van der Waals surface area contributed by atoms with Gasteiger partial charge in [-0.15, -0.1) is 0 Å². The smallest absolute Gasteiger partial charge is 0.259 e. The van der Waals surface area contributed by atoms with Gasteiger partial charge in [0, 0.05) is 36.8 Å². The number of hydrogen-bond donors (Lipinski definition) is 1. The van der Waals surface area contributed by atoms with Crippen LogP contribution in [0.2, 0.25) is 0 Å². The molecule has 0 bridgehead atoms. The zero-order chi connectivity index (χ0) is 19.8. The summed E-state index contributed by atoms with van der Waals surface area (Å²) in [5.74, 6) is 1.55. The summed E-state index contributed by atoms with van der Waals surface area (Å²) in [6, 6.07) is 15.5. The van der Waals surface area contributed by atoms with Crippen LogP contribution in [0.1, 0.15) is 0 Å². The molecule has 1 heterocycles. The lowest BCUT2D eigenvalue weighted by Gasteiger charge is -2.17. The van der Waals surface area contributed by atoms with Gasteiger partial charge in [-0.2, -0.15) is 0 Å². The van der Waals surface area contributed by atoms with E-state index in [2.05, 4.69) is 16.0 Å². The Labute approximate surface area is 162 Å². The number of rotatable bonds is 4. The first-order valence-corrected chi connectivity index (χ1v) is 8.89. The molecule has 0 aliphatic heterocycles. The molecule has 3 aromatic carbocycles. The molecule has 0 aliphatic carbocycles. The molecule has 0 radical (unpaired) electrons. The summed E-state index contributed by atoms with van der Waals surface area (Å²) >= 11 is 0. The average Bonchev–Trinajstić information content (AvgIpc) is 2.71. The first-order valence-electron chi connectivity index (χ1n) is 8.89. The average molecular weight is 375 g/mol. The van der Waals surface area contributed by atoms with E-state index < -0.39 is 0 Å². The second kappa shape index (κ2) is 6.88. The van der Waals surface area contributed by atoms with Crippen molar-refractivity contribution in [1.82, 2.24) is 9.97 Å². The predicted octanol–water partition coefficient (Wildman–Crippen LogP) is 3.83. The van der Waals surface area contributed by atoms with Crippen molar-refractivity contribution in [3.63, 3.8) is 0 Å². The Hall–Kier alpha value is -3.54. The van der Waals surface area contributed by atoms with Gasteiger partial charge in [-0.05, 0) is 23.6 Å². The van der Waals surface area contributed by atoms with Gasteiger partial charge in [-0.25, -0.2) is 4.98 Å². The van der Waals surface area contributed by atoms with Gasteiger partial charge in [-0.3, -0.25) is 4.79 Å². The van der Waals surface area contributed by atoms with Crippen LogP contribution < -0.4 is 19.9 Å². The van der Waals surface area contributed by atoms with Gasteiger partial charge < -0.3 is 19.4 Å². The molecular formula is C22H21N3O3. The molecule has 0 saturated heterocycles. The highest BCUT2D eigenvalue weighted by Gasteiger charge is 2.14. The van der Waals surface area contributed by atoms with Crippen LogP contribution in [0.15, 0.2) is 53.3 Å². The second-order valence-electron chi connectivity index (χ2n) is 6.71. The minimum atomic E-state index is -0.221. The third-order valence-electron chi connectivity index (χ3n) is 4.85. The van der Waals surface area contributed by atoms with Crippen LogP contribution in [0, 0.1) is 0 Å². The topological polar surface area (TPSA) is 67.5 Å². The Balaban J connectivity index is 2.00. The van der Waals surface area contributed by atoms with E-state index in [1.54, 1.807) is 19.2 Å². The molecule has 0 fully saturated rings. The normalized spacial score (nSPS) is 11.0. The molecule has 6 nitrogen and oxygen atoms in total. The Bertz CT molecular complexity index is 1250. The number of aromatic nitrogens is 2. The number of nitrogens with zero attached hydrogens (tertiary/aromatic N) is 2. The van der Waals surface area contributed by atoms with Crippen LogP contribution >= 0.6 is 0 Å². The van der Waals surface area contributed by atoms with Crippen molar-refractivity contribution in [1.29, 1.82) is 0 Å². The van der Waals surface area contributed by atoms with E-state index in [4.69, 9.17) is 14.5 Å². The van der Waals surface area contributed by atoms with Crippen LogP contribution in [0.3, 0.4) is 0 Å². The van der Waals surface area contributed by atoms with Crippen molar-refractivity contribution in [3.05, 3.63) is 58.9 Å². The van der Waals surface area contributed by atoms with Gasteiger partial charge in [0.05, 0.1) is 25.1 Å². The van der Waals surface area contributed by atoms with Gasteiger partial charge in [-0.1, -0.05) is 24.3 Å². The van der Waals surface area contributed by atoms with Crippen LogP contribution in [-0.4, -0.2) is 38.3 Å². The van der Waals surface area contributed by atoms with Crippen molar-refractivity contribution in [2.45, 2.75) is 0 Å². The fourth-order valence-electron chi connectivity index (χ4n) is 3.47. The molecule has 6 heteroatoms. The Morgan fingerprint density at radius 3 is 2.25 bits per heavy atom. The maximum absolute atomic E-state index is 12.8. The first-order chi connectivity index (χ1) is 13.5. The molecule has 0 spiro atoms. The third kappa shape index (κ3) is 2.83. The summed E-state index contributed by atoms with van der Waals surface area (Å²) in [5, 5.41) is 2.58. The van der Waals surface area contributed by atoms with E-state index in [-0.39, 0.29) is 5.56 Å². The highest BCUT2D eigenvalue weighted by Crippen LogP contribution is 2.34. The van der Waals surface area contributed by atoms with Crippen LogP contribution in [0.25, 0.3) is 33.1 Å². The standard InChI is InChI=1S/C22H21N3O3/c1-25(2)18-10-9-15(13-7-5-6-8-14(13)18)21-23-17-12-20(28-4)19(27-3)11-16(17)22(26)24-21/h5-12H,1-4H3,(H,23,24,26). The lowest BCUT2D eigenvalue weighted by molar-refractivity contribution is 0.355. The van der Waals surface area contributed by atoms with E-state index >= 15 is 0 Å². The molecule has 142 valence electrons. The van der Waals surface area contributed by atoms with E-state index in [1.807, 2.05) is 44.4 Å². The zero-order valence-electron chi connectivity index (χ0n) is 16.2. The van der Waals surface area contributed by atoms with Crippen molar-refractivity contribution in [2.75, 3.05) is 33.2 Å². The van der Waals surface area contributed by atoms with Crippen LogP contribution in [0.5, 0.6) is 11.5 Å². The SMILES string of the molecule is COc1cc2nc(-c3ccc(N(C)C)c4ccccc34)[nH]c(=O)c2cc1OC. The number of methoxy groups -OCH3 is 2. The Morgan fingerprint density at radius 2 is 1.57 bits per heavy atom. The number of H-pyrrole nitrogens is 1. The summed E-state index contributed by atoms with van der Waals surface area (Å²) in [5.41, 5.74) is 2.31. The van der Waals surface area contributed by atoms with E-state index in [0.717, 1.165) is 22.0 Å². The number of benzene rings is 3. The monoisotopic (exact) mass is 375 g/mol. The molecule has 0 atom stereocenters. The number of anilines is 1. The van der Waals surface area contributed by atoms with Crippen molar-refractivity contribution in [2.24, 2.45) is 0 Å². The van der Waals surface area contributed by atoms with Gasteiger partial charge in [0.1, 0.15) is 5.82 Å². The number of ether oxygens (including phenoxy) is 2. The quantitative estimate of drug-likeness (QED) is 0.587. The highest BCUT2D eigenvalue weighted by atomic mass is 16.5. The van der Waals surface area contributed by atoms with Gasteiger partial charge in [0.15, 0.2) is 11.5 Å². The fraction of sp³-hybridized carbons (Fsp3) is 0.182. The van der Waals surface area contributed by atoms with Gasteiger partial charge in [0.25, 0.3) is 5.56 Å². The molecule has 28 heavy (non-hydrogen) atoms. The number of nitrogens with one attached hydrogen (secondary N) is 1. The fourth-order valence-corrected chi connectivity index (χ4v) is 3.47. The lowest BCUT2D eigenvalue weighted by atomic mass is 10.0. The molecular weight excluding hydrogens is 354 g/mol. The number of hydrogen-bond acceptors (Lipinski definition) is 5. The highest BCUT2D eigenvalue weighted by molar-refractivity contribution is 6.03. The van der Waals surface area contributed by atoms with Crippen molar-refractivity contribution in [3.8, 4) is 22.9 Å². The zero-order valence-corrected chi connectivity index (χ0v) is 16.2. The second-order valence-corrected chi connectivity index (χ2v) is 6.71. The van der Waals surface area contributed by atoms with Crippen LogP contribution in [0.4, 0.5) is 5.69 Å². The predicted molar refractivity (Wildman–Crippen MR) is 113 cm³/mol. The largest absolute Gasteiger partial charge is 0.493 e. The molecule has 0 unspecified atom stereocenters. The maximum Gasteiger partial charge on any atom is 0.259 e. The summed E-state index contributed by atoms with van der Waals surface area (Å²) < 4.78 is 10.7. The summed E-state index contributed by atoms with van der Waals surface area (Å²) in [7, 11) is 7.12. The molecule has 0 aliphatic rings. The van der Waals surface area contributed by atoms with E-state index in [1.165, 1.54) is 7.11 Å². The van der Waals surface area contributed by atoms with Crippen molar-refractivity contribution < 1.29 is 9.47 Å². The number of aromatic amines is 1. The summed E-state index contributed by atoms with van der Waals surface area (Å²) in [6.45, 7) is 0. The van der Waals surface area contributed by atoms with E-state index in [0.29, 0.717) is 28.2 Å². The molecule has 4 aromatic rings.